The molecule has 0 amide bonds. The van der Waals surface area contributed by atoms with Crippen molar-refractivity contribution in [1.82, 2.24) is 0 Å². The van der Waals surface area contributed by atoms with E-state index in [4.69, 9.17) is 8.83 Å². The normalized spacial score (nSPS) is 11.1. The standard InChI is InChI=1S/C30H14O2S2/c1-3-7-27-19(5-1)13-23(31-27)9-11-25-15-21-17-30-22(18-29(21)33-25)16-26(34-30)12-10-24-14-20-6-2-4-8-28(20)32-24/h1-8,13-18H. The molecule has 0 unspecified atom stereocenters. The van der Waals surface area contributed by atoms with Gasteiger partial charge in [0, 0.05) is 32.3 Å². The van der Waals surface area contributed by atoms with Gasteiger partial charge in [-0.25, -0.2) is 0 Å². The van der Waals surface area contributed by atoms with Crippen molar-refractivity contribution in [3.8, 4) is 23.7 Å². The lowest BCUT2D eigenvalue weighted by molar-refractivity contribution is 0.601. The summed E-state index contributed by atoms with van der Waals surface area (Å²) >= 11 is 3.40. The molecule has 158 valence electrons. The summed E-state index contributed by atoms with van der Waals surface area (Å²) in [7, 11) is 0. The highest BCUT2D eigenvalue weighted by atomic mass is 32.1. The Morgan fingerprint density at radius 2 is 0.941 bits per heavy atom. The van der Waals surface area contributed by atoms with Crippen LogP contribution in [0.3, 0.4) is 0 Å². The summed E-state index contributed by atoms with van der Waals surface area (Å²) in [5, 5.41) is 4.54. The second-order valence-electron chi connectivity index (χ2n) is 7.95. The molecule has 2 nitrogen and oxygen atoms in total. The zero-order chi connectivity index (χ0) is 22.5. The highest BCUT2D eigenvalue weighted by Crippen LogP contribution is 2.34. The molecule has 4 aromatic heterocycles. The molecule has 0 aliphatic rings. The number of rotatable bonds is 0. The first-order valence-corrected chi connectivity index (χ1v) is 12.4. The zero-order valence-electron chi connectivity index (χ0n) is 17.7. The summed E-state index contributed by atoms with van der Waals surface area (Å²) in [5.41, 5.74) is 1.73. The summed E-state index contributed by atoms with van der Waals surface area (Å²) in [6.07, 6.45) is 0. The second kappa shape index (κ2) is 7.68. The Labute approximate surface area is 203 Å². The highest BCUT2D eigenvalue weighted by Gasteiger charge is 2.07. The zero-order valence-corrected chi connectivity index (χ0v) is 19.3. The molecule has 0 bridgehead atoms. The van der Waals surface area contributed by atoms with Gasteiger partial charge in [0.1, 0.15) is 11.2 Å². The maximum absolute atomic E-state index is 5.81. The average molecular weight is 471 g/mol. The van der Waals surface area contributed by atoms with Crippen molar-refractivity contribution in [1.29, 1.82) is 0 Å². The molecule has 0 saturated carbocycles. The molecule has 3 aromatic carbocycles. The van der Waals surface area contributed by atoms with Gasteiger partial charge in [0.15, 0.2) is 11.5 Å². The molecule has 0 N–H and O–H groups in total. The first kappa shape index (κ1) is 19.3. The third-order valence-electron chi connectivity index (χ3n) is 5.62. The van der Waals surface area contributed by atoms with Crippen molar-refractivity contribution in [3.05, 3.63) is 106 Å². The lowest BCUT2D eigenvalue weighted by atomic mass is 10.2. The Morgan fingerprint density at radius 1 is 0.471 bits per heavy atom. The van der Waals surface area contributed by atoms with Crippen LogP contribution in [0.5, 0.6) is 0 Å². The van der Waals surface area contributed by atoms with Gasteiger partial charge in [0.05, 0.1) is 9.75 Å². The summed E-state index contributed by atoms with van der Waals surface area (Å²) in [6.45, 7) is 0. The number of furan rings is 2. The van der Waals surface area contributed by atoms with Crippen LogP contribution in [-0.4, -0.2) is 0 Å². The van der Waals surface area contributed by atoms with Crippen LogP contribution in [0.15, 0.2) is 93.8 Å². The van der Waals surface area contributed by atoms with Crippen molar-refractivity contribution in [3.63, 3.8) is 0 Å². The monoisotopic (exact) mass is 470 g/mol. The van der Waals surface area contributed by atoms with Crippen molar-refractivity contribution < 1.29 is 8.83 Å². The molecule has 4 heteroatoms. The molecule has 0 saturated heterocycles. The van der Waals surface area contributed by atoms with Gasteiger partial charge in [-0.2, -0.15) is 0 Å². The van der Waals surface area contributed by atoms with E-state index in [9.17, 15) is 0 Å². The minimum absolute atomic E-state index is 0.687. The molecule has 0 radical (unpaired) electrons. The Kier molecular flexibility index (Phi) is 4.35. The van der Waals surface area contributed by atoms with Crippen LogP contribution >= 0.6 is 22.7 Å². The largest absolute Gasteiger partial charge is 0.448 e. The first-order chi connectivity index (χ1) is 16.8. The summed E-state index contributed by atoms with van der Waals surface area (Å²) in [6, 6.07) is 28.6. The van der Waals surface area contributed by atoms with E-state index in [0.29, 0.717) is 11.5 Å². The third-order valence-corrected chi connectivity index (χ3v) is 7.65. The molecule has 0 spiro atoms. The van der Waals surface area contributed by atoms with Gasteiger partial charge in [-0.1, -0.05) is 36.4 Å². The highest BCUT2D eigenvalue weighted by molar-refractivity contribution is 7.21. The number of fused-ring (bicyclic) bond motifs is 4. The molecule has 7 aromatic rings. The molecule has 4 heterocycles. The molecule has 0 fully saturated rings. The molecular weight excluding hydrogens is 456 g/mol. The fraction of sp³-hybridized carbons (Fsp3) is 0. The van der Waals surface area contributed by atoms with Crippen LogP contribution in [0.1, 0.15) is 21.3 Å². The van der Waals surface area contributed by atoms with E-state index >= 15 is 0 Å². The second-order valence-corrected chi connectivity index (χ2v) is 10.1. The lowest BCUT2D eigenvalue weighted by Crippen LogP contribution is -1.65. The molecule has 34 heavy (non-hydrogen) atoms. The number of hydrogen-bond donors (Lipinski definition) is 0. The number of para-hydroxylation sites is 2. The quantitative estimate of drug-likeness (QED) is 0.208. The van der Waals surface area contributed by atoms with Crippen LogP contribution in [0, 0.1) is 23.7 Å². The predicted octanol–water partition coefficient (Wildman–Crippen LogP) is 8.41. The van der Waals surface area contributed by atoms with E-state index in [0.717, 1.165) is 31.7 Å². The van der Waals surface area contributed by atoms with Crippen molar-refractivity contribution in [2.75, 3.05) is 0 Å². The molecule has 7 rings (SSSR count). The van der Waals surface area contributed by atoms with Gasteiger partial charge in [0.25, 0.3) is 0 Å². The molecule has 0 aliphatic heterocycles. The maximum atomic E-state index is 5.81. The van der Waals surface area contributed by atoms with Crippen LogP contribution in [0.2, 0.25) is 0 Å². The Bertz CT molecular complexity index is 1730. The smallest absolute Gasteiger partial charge is 0.178 e. The lowest BCUT2D eigenvalue weighted by Gasteiger charge is -1.89. The minimum Gasteiger partial charge on any atom is -0.448 e. The topological polar surface area (TPSA) is 26.3 Å². The Morgan fingerprint density at radius 3 is 1.41 bits per heavy atom. The number of benzene rings is 3. The third kappa shape index (κ3) is 3.47. The van der Waals surface area contributed by atoms with Gasteiger partial charge in [-0.15, -0.1) is 22.7 Å². The van der Waals surface area contributed by atoms with Gasteiger partial charge in [-0.3, -0.25) is 0 Å². The van der Waals surface area contributed by atoms with E-state index in [1.165, 1.54) is 20.2 Å². The number of hydrogen-bond acceptors (Lipinski definition) is 4. The Balaban J connectivity index is 1.19. The van der Waals surface area contributed by atoms with Crippen molar-refractivity contribution in [2.24, 2.45) is 0 Å². The summed E-state index contributed by atoms with van der Waals surface area (Å²) in [4.78, 5) is 2.05. The van der Waals surface area contributed by atoms with Crippen LogP contribution < -0.4 is 0 Å². The van der Waals surface area contributed by atoms with Crippen molar-refractivity contribution in [2.45, 2.75) is 0 Å². The van der Waals surface area contributed by atoms with Crippen LogP contribution in [0.25, 0.3) is 42.1 Å². The van der Waals surface area contributed by atoms with E-state index in [-0.39, 0.29) is 0 Å². The maximum Gasteiger partial charge on any atom is 0.178 e. The van der Waals surface area contributed by atoms with Gasteiger partial charge in [0.2, 0.25) is 0 Å². The van der Waals surface area contributed by atoms with Gasteiger partial charge in [-0.05, 0) is 70.9 Å². The number of thiophene rings is 2. The van der Waals surface area contributed by atoms with E-state index < -0.39 is 0 Å². The minimum atomic E-state index is 0.687. The van der Waals surface area contributed by atoms with Crippen LogP contribution in [-0.2, 0) is 0 Å². The average Bonchev–Trinajstić information content (AvgIpc) is 3.62. The molecular formula is C30H14O2S2. The molecule has 0 atom stereocenters. The van der Waals surface area contributed by atoms with Crippen molar-refractivity contribution >= 4 is 64.8 Å². The SMILES string of the molecule is C(#Cc1cc2cc3sc(C#Cc4cc5ccccc5o4)cc3cc2s1)c1cc2ccccc2o1. The summed E-state index contributed by atoms with van der Waals surface area (Å²) < 4.78 is 14.1. The van der Waals surface area contributed by atoms with Gasteiger partial charge < -0.3 is 8.83 Å². The molecule has 0 aliphatic carbocycles. The van der Waals surface area contributed by atoms with Crippen LogP contribution in [0.4, 0.5) is 0 Å². The predicted molar refractivity (Wildman–Crippen MR) is 142 cm³/mol. The Hall–Kier alpha value is -4.22. The first-order valence-electron chi connectivity index (χ1n) is 10.8. The summed E-state index contributed by atoms with van der Waals surface area (Å²) in [5.74, 6) is 14.2. The van der Waals surface area contributed by atoms with E-state index in [2.05, 4.69) is 47.9 Å². The fourth-order valence-electron chi connectivity index (χ4n) is 4.03. The van der Waals surface area contributed by atoms with Gasteiger partial charge >= 0.3 is 0 Å². The fourth-order valence-corrected chi connectivity index (χ4v) is 5.92. The van der Waals surface area contributed by atoms with E-state index in [1.807, 2.05) is 60.7 Å². The van der Waals surface area contributed by atoms with E-state index in [1.54, 1.807) is 22.7 Å².